The Morgan fingerprint density at radius 2 is 1.70 bits per heavy atom. The quantitative estimate of drug-likeness (QED) is 0.218. The van der Waals surface area contributed by atoms with Crippen LogP contribution in [0.1, 0.15) is 0 Å². The van der Waals surface area contributed by atoms with Crippen LogP contribution in [0.2, 0.25) is 0 Å². The van der Waals surface area contributed by atoms with Gasteiger partial charge in [-0.25, -0.2) is 8.78 Å². The third kappa shape index (κ3) is 4.63. The van der Waals surface area contributed by atoms with E-state index in [0.717, 1.165) is 0 Å². The summed E-state index contributed by atoms with van der Waals surface area (Å²) < 4.78 is 87.7. The molecule has 0 fully saturated rings. The van der Waals surface area contributed by atoms with Gasteiger partial charge in [-0.05, 0) is 0 Å². The fraction of sp³-hybridized carbons (Fsp3) is 0.125. The zero-order valence-corrected chi connectivity index (χ0v) is 10.7. The Bertz CT molecular complexity index is 606. The van der Waals surface area contributed by atoms with Gasteiger partial charge in [0.05, 0.1) is 0 Å². The standard InChI is InChI=1S/C8H4F4O6S2/c9-3-1-4(10)7(12)8(6(3)11)17-5(13)2-19-18-20(14,15)16/h1H,2H2,(H,14,15,16). The van der Waals surface area contributed by atoms with Crippen molar-refractivity contribution in [1.82, 2.24) is 0 Å². The van der Waals surface area contributed by atoms with E-state index in [2.05, 4.69) is 8.37 Å². The van der Waals surface area contributed by atoms with Crippen LogP contribution in [-0.2, 0) is 18.8 Å². The second-order valence-corrected chi connectivity index (χ2v) is 4.95. The molecule has 0 amide bonds. The number of carbonyl (C=O) groups is 1. The SMILES string of the molecule is O=C(CSOS(=O)(=O)O)Oc1c(F)c(F)cc(F)c1F. The highest BCUT2D eigenvalue weighted by molar-refractivity contribution is 8.03. The number of halogens is 4. The van der Waals surface area contributed by atoms with Gasteiger partial charge in [-0.15, -0.1) is 0 Å². The van der Waals surface area contributed by atoms with Gasteiger partial charge in [0.1, 0.15) is 5.75 Å². The summed E-state index contributed by atoms with van der Waals surface area (Å²) in [5, 5.41) is 0. The summed E-state index contributed by atoms with van der Waals surface area (Å²) >= 11 is -0.137. The fourth-order valence-electron chi connectivity index (χ4n) is 0.917. The zero-order chi connectivity index (χ0) is 15.5. The van der Waals surface area contributed by atoms with Gasteiger partial charge in [0.25, 0.3) is 0 Å². The molecule has 12 heteroatoms. The van der Waals surface area contributed by atoms with E-state index in [-0.39, 0.29) is 18.1 Å². The van der Waals surface area contributed by atoms with Crippen molar-refractivity contribution in [2.75, 3.05) is 5.75 Å². The van der Waals surface area contributed by atoms with Crippen LogP contribution in [0.5, 0.6) is 5.75 Å². The van der Waals surface area contributed by atoms with E-state index < -0.39 is 51.1 Å². The van der Waals surface area contributed by atoms with Crippen LogP contribution in [-0.4, -0.2) is 24.7 Å². The molecular weight excluding hydrogens is 332 g/mol. The van der Waals surface area contributed by atoms with Crippen molar-refractivity contribution in [1.29, 1.82) is 0 Å². The molecule has 0 aliphatic heterocycles. The largest absolute Gasteiger partial charge is 0.419 e. The third-order valence-electron chi connectivity index (χ3n) is 1.60. The molecule has 0 aliphatic carbocycles. The van der Waals surface area contributed by atoms with Crippen molar-refractivity contribution in [2.24, 2.45) is 0 Å². The average molecular weight is 336 g/mol. The predicted octanol–water partition coefficient (Wildman–Crippen LogP) is 1.62. The second-order valence-electron chi connectivity index (χ2n) is 3.03. The van der Waals surface area contributed by atoms with E-state index in [1.807, 2.05) is 0 Å². The van der Waals surface area contributed by atoms with Crippen LogP contribution in [0.15, 0.2) is 6.07 Å². The Hall–Kier alpha value is -1.37. The average Bonchev–Trinajstić information content (AvgIpc) is 2.30. The van der Waals surface area contributed by atoms with E-state index in [1.165, 1.54) is 0 Å². The molecule has 112 valence electrons. The van der Waals surface area contributed by atoms with Crippen LogP contribution in [0, 0.1) is 23.3 Å². The topological polar surface area (TPSA) is 89.9 Å². The van der Waals surface area contributed by atoms with Crippen LogP contribution in [0.3, 0.4) is 0 Å². The molecule has 0 aromatic heterocycles. The maximum atomic E-state index is 13.1. The molecule has 20 heavy (non-hydrogen) atoms. The lowest BCUT2D eigenvalue weighted by atomic mass is 10.3. The molecular formula is C8H4F4O6S2. The van der Waals surface area contributed by atoms with Crippen molar-refractivity contribution in [3.8, 4) is 5.75 Å². The Kier molecular flexibility index (Phi) is 5.33. The van der Waals surface area contributed by atoms with Gasteiger partial charge in [0.2, 0.25) is 17.4 Å². The molecule has 0 unspecified atom stereocenters. The molecule has 0 spiro atoms. The molecule has 1 aromatic carbocycles. The van der Waals surface area contributed by atoms with E-state index in [4.69, 9.17) is 4.55 Å². The van der Waals surface area contributed by atoms with Gasteiger partial charge in [0.15, 0.2) is 11.6 Å². The number of ether oxygens (including phenoxy) is 1. The van der Waals surface area contributed by atoms with Crippen LogP contribution >= 0.6 is 12.0 Å². The fourth-order valence-corrected chi connectivity index (χ4v) is 1.75. The first-order chi connectivity index (χ1) is 9.11. The zero-order valence-electron chi connectivity index (χ0n) is 9.10. The molecule has 0 atom stereocenters. The lowest BCUT2D eigenvalue weighted by molar-refractivity contribution is -0.131. The van der Waals surface area contributed by atoms with Crippen molar-refractivity contribution >= 4 is 28.4 Å². The number of rotatable bonds is 5. The maximum absolute atomic E-state index is 13.1. The maximum Gasteiger partial charge on any atom is 0.408 e. The summed E-state index contributed by atoms with van der Waals surface area (Å²) in [7, 11) is -4.84. The van der Waals surface area contributed by atoms with Crippen molar-refractivity contribution in [3.63, 3.8) is 0 Å². The molecule has 1 rings (SSSR count). The van der Waals surface area contributed by atoms with Crippen molar-refractivity contribution < 1.29 is 43.7 Å². The number of carbonyl (C=O) groups excluding carboxylic acids is 1. The van der Waals surface area contributed by atoms with E-state index >= 15 is 0 Å². The smallest absolute Gasteiger partial charge is 0.408 e. The lowest BCUT2D eigenvalue weighted by Gasteiger charge is -2.07. The highest BCUT2D eigenvalue weighted by Crippen LogP contribution is 2.26. The summed E-state index contributed by atoms with van der Waals surface area (Å²) in [6.45, 7) is 0. The van der Waals surface area contributed by atoms with Gasteiger partial charge < -0.3 is 4.74 Å². The summed E-state index contributed by atoms with van der Waals surface area (Å²) in [5.41, 5.74) is 0. The highest BCUT2D eigenvalue weighted by atomic mass is 32.3. The third-order valence-corrected chi connectivity index (χ3v) is 3.02. The van der Waals surface area contributed by atoms with Crippen LogP contribution in [0.4, 0.5) is 17.6 Å². The molecule has 6 nitrogen and oxygen atoms in total. The minimum atomic E-state index is -4.84. The number of hydrogen-bond donors (Lipinski definition) is 1. The van der Waals surface area contributed by atoms with Crippen LogP contribution in [0.25, 0.3) is 0 Å². The summed E-state index contributed by atoms with van der Waals surface area (Å²) in [6.07, 6.45) is 0. The van der Waals surface area contributed by atoms with Gasteiger partial charge in [-0.2, -0.15) is 20.8 Å². The number of benzene rings is 1. The molecule has 0 bridgehead atoms. The van der Waals surface area contributed by atoms with E-state index in [9.17, 15) is 30.8 Å². The first kappa shape index (κ1) is 16.7. The van der Waals surface area contributed by atoms with Crippen LogP contribution < -0.4 is 4.74 Å². The Morgan fingerprint density at radius 3 is 2.15 bits per heavy atom. The number of esters is 1. The van der Waals surface area contributed by atoms with Gasteiger partial charge in [0, 0.05) is 18.1 Å². The van der Waals surface area contributed by atoms with Crippen molar-refractivity contribution in [3.05, 3.63) is 29.3 Å². The molecule has 0 heterocycles. The van der Waals surface area contributed by atoms with E-state index in [0.29, 0.717) is 0 Å². The molecule has 0 saturated carbocycles. The molecule has 1 aromatic rings. The Labute approximate surface area is 113 Å². The molecule has 1 N–H and O–H groups in total. The predicted molar refractivity (Wildman–Crippen MR) is 57.0 cm³/mol. The minimum absolute atomic E-state index is 0.0851. The normalized spacial score (nSPS) is 11.4. The lowest BCUT2D eigenvalue weighted by Crippen LogP contribution is -2.15. The second kappa shape index (κ2) is 6.39. The minimum Gasteiger partial charge on any atom is -0.419 e. The Morgan fingerprint density at radius 1 is 1.20 bits per heavy atom. The summed E-state index contributed by atoms with van der Waals surface area (Å²) in [5.74, 6) is -11.4. The van der Waals surface area contributed by atoms with E-state index in [1.54, 1.807) is 0 Å². The molecule has 0 saturated heterocycles. The first-order valence-corrected chi connectivity index (χ1v) is 6.71. The number of hydrogen-bond acceptors (Lipinski definition) is 6. The monoisotopic (exact) mass is 336 g/mol. The summed E-state index contributed by atoms with van der Waals surface area (Å²) in [4.78, 5) is 11.0. The molecule has 0 radical (unpaired) electrons. The van der Waals surface area contributed by atoms with Gasteiger partial charge in [-0.1, -0.05) is 0 Å². The first-order valence-electron chi connectivity index (χ1n) is 4.44. The molecule has 0 aliphatic rings. The van der Waals surface area contributed by atoms with Crippen molar-refractivity contribution in [2.45, 2.75) is 0 Å². The van der Waals surface area contributed by atoms with Gasteiger partial charge in [-0.3, -0.25) is 9.35 Å². The summed E-state index contributed by atoms with van der Waals surface area (Å²) in [6, 6.07) is -0.0851. The highest BCUT2D eigenvalue weighted by Gasteiger charge is 2.23. The van der Waals surface area contributed by atoms with Gasteiger partial charge >= 0.3 is 16.4 Å². The Balaban J connectivity index is 2.77.